The predicted molar refractivity (Wildman–Crippen MR) is 79.7 cm³/mol. The maximum Gasteiger partial charge on any atom is 0.327 e. The molecule has 20 heavy (non-hydrogen) atoms. The molecule has 2 rings (SSSR count). The average Bonchev–Trinajstić information content (AvgIpc) is 3.22. The van der Waals surface area contributed by atoms with Crippen molar-refractivity contribution in [1.29, 1.82) is 0 Å². The molecule has 1 saturated heterocycles. The zero-order valence-electron chi connectivity index (χ0n) is 13.3. The molecule has 0 bridgehead atoms. The molecule has 1 heterocycles. The van der Waals surface area contributed by atoms with E-state index in [-0.39, 0.29) is 5.97 Å². The first kappa shape index (κ1) is 15.7. The van der Waals surface area contributed by atoms with Crippen molar-refractivity contribution in [2.75, 3.05) is 39.8 Å². The molecular weight excluding hydrogens is 254 g/mol. The van der Waals surface area contributed by atoms with Gasteiger partial charge >= 0.3 is 5.97 Å². The molecule has 1 saturated carbocycles. The molecule has 0 aromatic heterocycles. The molecule has 116 valence electrons. The number of ether oxygens (including phenoxy) is 1. The second-order valence-corrected chi connectivity index (χ2v) is 6.65. The standard InChI is InChI=1S/C15H29N3O2/c1-12(2)18-9-7-17(8-10-18)11-15(3,14(19)20-4)16-13-5-6-13/h12-13,16H,5-11H2,1-4H3. The minimum atomic E-state index is -0.573. The maximum absolute atomic E-state index is 12.1. The molecule has 0 aromatic rings. The normalized spacial score (nSPS) is 24.6. The van der Waals surface area contributed by atoms with E-state index in [4.69, 9.17) is 4.74 Å². The van der Waals surface area contributed by atoms with Gasteiger partial charge in [-0.3, -0.25) is 19.9 Å². The van der Waals surface area contributed by atoms with Crippen molar-refractivity contribution in [3.8, 4) is 0 Å². The fourth-order valence-corrected chi connectivity index (χ4v) is 2.96. The summed E-state index contributed by atoms with van der Waals surface area (Å²) in [6, 6.07) is 1.10. The number of carbonyl (C=O) groups is 1. The summed E-state index contributed by atoms with van der Waals surface area (Å²) in [5, 5.41) is 3.47. The third-order valence-corrected chi connectivity index (χ3v) is 4.41. The molecular formula is C15H29N3O2. The fraction of sp³-hybridized carbons (Fsp3) is 0.933. The Morgan fingerprint density at radius 1 is 1.30 bits per heavy atom. The Hall–Kier alpha value is -0.650. The second-order valence-electron chi connectivity index (χ2n) is 6.65. The van der Waals surface area contributed by atoms with Crippen LogP contribution < -0.4 is 5.32 Å². The van der Waals surface area contributed by atoms with Crippen LogP contribution in [0.4, 0.5) is 0 Å². The summed E-state index contributed by atoms with van der Waals surface area (Å²) >= 11 is 0. The maximum atomic E-state index is 12.1. The number of piperazine rings is 1. The third kappa shape index (κ3) is 3.93. The molecule has 0 spiro atoms. The zero-order valence-corrected chi connectivity index (χ0v) is 13.3. The first-order valence-corrected chi connectivity index (χ1v) is 7.77. The molecule has 0 amide bonds. The third-order valence-electron chi connectivity index (χ3n) is 4.41. The van der Waals surface area contributed by atoms with Crippen molar-refractivity contribution in [3.05, 3.63) is 0 Å². The number of nitrogens with one attached hydrogen (secondary N) is 1. The van der Waals surface area contributed by atoms with Gasteiger partial charge in [0, 0.05) is 44.8 Å². The van der Waals surface area contributed by atoms with Gasteiger partial charge in [-0.15, -0.1) is 0 Å². The van der Waals surface area contributed by atoms with Crippen molar-refractivity contribution in [1.82, 2.24) is 15.1 Å². The number of rotatable bonds is 6. The minimum absolute atomic E-state index is 0.143. The SMILES string of the molecule is COC(=O)C(C)(CN1CCN(C(C)C)CC1)NC1CC1. The van der Waals surface area contributed by atoms with Crippen LogP contribution in [-0.2, 0) is 9.53 Å². The Bertz CT molecular complexity index is 336. The second kappa shape index (κ2) is 6.41. The summed E-state index contributed by atoms with van der Waals surface area (Å²) in [6.07, 6.45) is 2.35. The van der Waals surface area contributed by atoms with Gasteiger partial charge in [0.05, 0.1) is 7.11 Å². The monoisotopic (exact) mass is 283 g/mol. The summed E-state index contributed by atoms with van der Waals surface area (Å²) in [6.45, 7) is 11.4. The highest BCUT2D eigenvalue weighted by Crippen LogP contribution is 2.24. The average molecular weight is 283 g/mol. The fourth-order valence-electron chi connectivity index (χ4n) is 2.96. The Morgan fingerprint density at radius 2 is 1.90 bits per heavy atom. The van der Waals surface area contributed by atoms with E-state index in [0.717, 1.165) is 32.7 Å². The number of nitrogens with zero attached hydrogens (tertiary/aromatic N) is 2. The number of carbonyl (C=O) groups excluding carboxylic acids is 1. The first-order valence-electron chi connectivity index (χ1n) is 7.77. The lowest BCUT2D eigenvalue weighted by Gasteiger charge is -2.40. The minimum Gasteiger partial charge on any atom is -0.468 e. The zero-order chi connectivity index (χ0) is 14.8. The van der Waals surface area contributed by atoms with Crippen LogP contribution in [0.3, 0.4) is 0 Å². The van der Waals surface area contributed by atoms with Crippen LogP contribution in [-0.4, -0.2) is 73.2 Å². The van der Waals surface area contributed by atoms with Gasteiger partial charge in [-0.25, -0.2) is 0 Å². The summed E-state index contributed by atoms with van der Waals surface area (Å²) < 4.78 is 5.01. The van der Waals surface area contributed by atoms with Crippen LogP contribution in [0.5, 0.6) is 0 Å². The van der Waals surface area contributed by atoms with Gasteiger partial charge in [-0.2, -0.15) is 0 Å². The van der Waals surface area contributed by atoms with E-state index in [1.54, 1.807) is 0 Å². The Kier molecular flexibility index (Phi) is 5.04. The largest absolute Gasteiger partial charge is 0.468 e. The van der Waals surface area contributed by atoms with Crippen LogP contribution in [0.2, 0.25) is 0 Å². The molecule has 1 aliphatic heterocycles. The van der Waals surface area contributed by atoms with Gasteiger partial charge < -0.3 is 4.74 Å². The number of methoxy groups -OCH3 is 1. The summed E-state index contributed by atoms with van der Waals surface area (Å²) in [5.41, 5.74) is -0.573. The van der Waals surface area contributed by atoms with Gasteiger partial charge in [0.1, 0.15) is 5.54 Å². The Morgan fingerprint density at radius 3 is 2.35 bits per heavy atom. The van der Waals surface area contributed by atoms with E-state index < -0.39 is 5.54 Å². The van der Waals surface area contributed by atoms with Gasteiger partial charge in [-0.1, -0.05) is 0 Å². The van der Waals surface area contributed by atoms with E-state index in [1.165, 1.54) is 20.0 Å². The summed E-state index contributed by atoms with van der Waals surface area (Å²) in [5.74, 6) is -0.143. The van der Waals surface area contributed by atoms with Crippen LogP contribution in [0.15, 0.2) is 0 Å². The lowest BCUT2D eigenvalue weighted by molar-refractivity contribution is -0.149. The molecule has 5 heteroatoms. The quantitative estimate of drug-likeness (QED) is 0.727. The van der Waals surface area contributed by atoms with Crippen molar-refractivity contribution in [2.45, 2.75) is 51.2 Å². The lowest BCUT2D eigenvalue weighted by Crippen LogP contribution is -2.61. The van der Waals surface area contributed by atoms with Crippen molar-refractivity contribution in [2.24, 2.45) is 0 Å². The van der Waals surface area contributed by atoms with Crippen LogP contribution in [0, 0.1) is 0 Å². The molecule has 2 fully saturated rings. The number of esters is 1. The van der Waals surface area contributed by atoms with Gasteiger partial charge in [0.2, 0.25) is 0 Å². The highest BCUT2D eigenvalue weighted by molar-refractivity contribution is 5.80. The molecule has 0 radical (unpaired) electrons. The molecule has 1 atom stereocenters. The van der Waals surface area contributed by atoms with Crippen LogP contribution in [0.25, 0.3) is 0 Å². The summed E-state index contributed by atoms with van der Waals surface area (Å²) in [4.78, 5) is 17.0. The van der Waals surface area contributed by atoms with Gasteiger partial charge in [0.25, 0.3) is 0 Å². The molecule has 1 aliphatic carbocycles. The molecule has 5 nitrogen and oxygen atoms in total. The topological polar surface area (TPSA) is 44.8 Å². The van der Waals surface area contributed by atoms with Gasteiger partial charge in [0.15, 0.2) is 0 Å². The Labute approximate surface area is 122 Å². The highest BCUT2D eigenvalue weighted by Gasteiger charge is 2.41. The molecule has 1 N–H and O–H groups in total. The van der Waals surface area contributed by atoms with Crippen molar-refractivity contribution < 1.29 is 9.53 Å². The first-order chi connectivity index (χ1) is 9.44. The smallest absolute Gasteiger partial charge is 0.327 e. The predicted octanol–water partition coefficient (Wildman–Crippen LogP) is 0.696. The van der Waals surface area contributed by atoms with Gasteiger partial charge in [-0.05, 0) is 33.6 Å². The number of hydrogen-bond acceptors (Lipinski definition) is 5. The number of hydrogen-bond donors (Lipinski definition) is 1. The highest BCUT2D eigenvalue weighted by atomic mass is 16.5. The van der Waals surface area contributed by atoms with E-state index in [1.807, 2.05) is 6.92 Å². The van der Waals surface area contributed by atoms with E-state index in [0.29, 0.717) is 12.1 Å². The Balaban J connectivity index is 1.89. The van der Waals surface area contributed by atoms with Crippen LogP contribution in [0.1, 0.15) is 33.6 Å². The summed E-state index contributed by atoms with van der Waals surface area (Å²) in [7, 11) is 1.48. The van der Waals surface area contributed by atoms with E-state index in [9.17, 15) is 4.79 Å². The molecule has 2 aliphatic rings. The lowest BCUT2D eigenvalue weighted by atomic mass is 10.0. The van der Waals surface area contributed by atoms with E-state index >= 15 is 0 Å². The van der Waals surface area contributed by atoms with E-state index in [2.05, 4.69) is 29.0 Å². The van der Waals surface area contributed by atoms with Crippen molar-refractivity contribution in [3.63, 3.8) is 0 Å². The van der Waals surface area contributed by atoms with Crippen LogP contribution >= 0.6 is 0 Å². The molecule has 0 aromatic carbocycles. The molecule has 1 unspecified atom stereocenters. The van der Waals surface area contributed by atoms with Crippen molar-refractivity contribution >= 4 is 5.97 Å².